The normalized spacial score (nSPS) is 14.0. The molecule has 1 N–H and O–H groups in total. The number of likely N-dealkylation sites (N-methyl/N-ethyl adjacent to an activating group) is 1. The van der Waals surface area contributed by atoms with Gasteiger partial charge in [-0.15, -0.1) is 0 Å². The zero-order chi connectivity index (χ0) is 31.8. The molecule has 4 heterocycles. The van der Waals surface area contributed by atoms with E-state index in [4.69, 9.17) is 0 Å². The van der Waals surface area contributed by atoms with Crippen molar-refractivity contribution in [1.82, 2.24) is 19.0 Å². The van der Waals surface area contributed by atoms with Crippen molar-refractivity contribution in [2.75, 3.05) is 43.4 Å². The third-order valence-corrected chi connectivity index (χ3v) is 8.78. The average molecular weight is 607 g/mol. The molecule has 0 radical (unpaired) electrons. The fourth-order valence-electron chi connectivity index (χ4n) is 6.11. The molecule has 6 rings (SSSR count). The number of anilines is 3. The lowest BCUT2D eigenvalue weighted by molar-refractivity contribution is 0.313. The van der Waals surface area contributed by atoms with Crippen LogP contribution in [-0.2, 0) is 13.5 Å². The number of benzene rings is 2. The van der Waals surface area contributed by atoms with Crippen molar-refractivity contribution in [1.29, 1.82) is 0 Å². The molecule has 0 unspecified atom stereocenters. The highest BCUT2D eigenvalue weighted by Gasteiger charge is 2.18. The minimum absolute atomic E-state index is 0.0779. The molecular formula is C36H39FN6O2. The molecule has 3 aromatic heterocycles. The number of hydrogen-bond donors (Lipinski definition) is 1. The summed E-state index contributed by atoms with van der Waals surface area (Å²) in [6.07, 6.45) is 5.98. The van der Waals surface area contributed by atoms with Crippen molar-refractivity contribution in [3.63, 3.8) is 0 Å². The molecule has 0 aliphatic carbocycles. The van der Waals surface area contributed by atoms with Gasteiger partial charge in [-0.25, -0.2) is 9.37 Å². The lowest BCUT2D eigenvalue weighted by atomic mass is 9.96. The van der Waals surface area contributed by atoms with Gasteiger partial charge in [0.15, 0.2) is 0 Å². The fourth-order valence-corrected chi connectivity index (χ4v) is 6.11. The lowest BCUT2D eigenvalue weighted by Gasteiger charge is -2.33. The van der Waals surface area contributed by atoms with Crippen LogP contribution in [-0.4, -0.2) is 52.2 Å². The maximum absolute atomic E-state index is 15.3. The Hall–Kier alpha value is -4.76. The quantitative estimate of drug-likeness (QED) is 0.242. The molecule has 1 saturated heterocycles. The van der Waals surface area contributed by atoms with Crippen LogP contribution in [0.4, 0.5) is 21.6 Å². The highest BCUT2D eigenvalue weighted by Crippen LogP contribution is 2.31. The van der Waals surface area contributed by atoms with Crippen LogP contribution >= 0.6 is 0 Å². The van der Waals surface area contributed by atoms with Crippen molar-refractivity contribution in [2.24, 2.45) is 7.05 Å². The van der Waals surface area contributed by atoms with Crippen LogP contribution in [0.1, 0.15) is 37.8 Å². The Morgan fingerprint density at radius 3 is 2.42 bits per heavy atom. The molecule has 0 bridgehead atoms. The molecule has 1 aliphatic heterocycles. The molecule has 2 aromatic carbocycles. The molecule has 45 heavy (non-hydrogen) atoms. The second-order valence-electron chi connectivity index (χ2n) is 12.1. The van der Waals surface area contributed by atoms with Crippen molar-refractivity contribution >= 4 is 28.0 Å². The summed E-state index contributed by atoms with van der Waals surface area (Å²) >= 11 is 0. The summed E-state index contributed by atoms with van der Waals surface area (Å²) in [5.41, 5.74) is 5.02. The third kappa shape index (κ3) is 5.88. The summed E-state index contributed by atoms with van der Waals surface area (Å²) in [5, 5.41) is 3.89. The van der Waals surface area contributed by atoms with Crippen LogP contribution < -0.4 is 21.3 Å². The number of hydrogen-bond acceptors (Lipinski definition) is 6. The molecule has 232 valence electrons. The summed E-state index contributed by atoms with van der Waals surface area (Å²) in [5.74, 6) is 0.216. The third-order valence-electron chi connectivity index (χ3n) is 8.78. The largest absolute Gasteiger partial charge is 0.368 e. The van der Waals surface area contributed by atoms with Gasteiger partial charge in [0.25, 0.3) is 11.1 Å². The zero-order valence-electron chi connectivity index (χ0n) is 26.5. The van der Waals surface area contributed by atoms with E-state index in [1.807, 2.05) is 69.4 Å². The van der Waals surface area contributed by atoms with Gasteiger partial charge < -0.3 is 19.7 Å². The van der Waals surface area contributed by atoms with Crippen LogP contribution in [0, 0.1) is 5.82 Å². The Bertz CT molecular complexity index is 1990. The Kier molecular flexibility index (Phi) is 8.29. The number of pyridine rings is 3. The van der Waals surface area contributed by atoms with E-state index < -0.39 is 11.4 Å². The first kappa shape index (κ1) is 30.3. The summed E-state index contributed by atoms with van der Waals surface area (Å²) in [6, 6.07) is 16.6. The predicted octanol–water partition coefficient (Wildman–Crippen LogP) is 6.07. The molecule has 0 saturated carbocycles. The summed E-state index contributed by atoms with van der Waals surface area (Å²) in [6.45, 7) is 9.95. The average Bonchev–Trinajstić information content (AvgIpc) is 3.03. The van der Waals surface area contributed by atoms with Gasteiger partial charge in [0.1, 0.15) is 17.3 Å². The van der Waals surface area contributed by atoms with E-state index in [9.17, 15) is 9.59 Å². The fraction of sp³-hybridized carbons (Fsp3) is 0.306. The Balaban J connectivity index is 1.36. The minimum atomic E-state index is -0.510. The van der Waals surface area contributed by atoms with Crippen LogP contribution in [0.15, 0.2) is 82.8 Å². The molecule has 0 spiro atoms. The van der Waals surface area contributed by atoms with E-state index in [0.29, 0.717) is 29.0 Å². The number of nitrogens with one attached hydrogen (secondary N) is 1. The molecular weight excluding hydrogens is 567 g/mol. The number of fused-ring (bicyclic) bond motifs is 1. The Labute approximate surface area is 262 Å². The molecule has 8 nitrogen and oxygen atoms in total. The van der Waals surface area contributed by atoms with Crippen LogP contribution in [0.5, 0.6) is 0 Å². The molecule has 0 atom stereocenters. The zero-order valence-corrected chi connectivity index (χ0v) is 26.5. The topological polar surface area (TPSA) is 75.4 Å². The molecule has 5 aromatic rings. The second kappa shape index (κ2) is 12.3. The molecule has 9 heteroatoms. The van der Waals surface area contributed by atoms with E-state index >= 15 is 4.39 Å². The van der Waals surface area contributed by atoms with E-state index in [2.05, 4.69) is 27.1 Å². The van der Waals surface area contributed by atoms with Crippen molar-refractivity contribution in [3.05, 3.63) is 111 Å². The van der Waals surface area contributed by atoms with Gasteiger partial charge in [-0.05, 0) is 77.9 Å². The van der Waals surface area contributed by atoms with Crippen molar-refractivity contribution in [2.45, 2.75) is 33.1 Å². The van der Waals surface area contributed by atoms with Crippen LogP contribution in [0.2, 0.25) is 0 Å². The van der Waals surface area contributed by atoms with Gasteiger partial charge in [-0.2, -0.15) is 0 Å². The van der Waals surface area contributed by atoms with Gasteiger partial charge in [-0.3, -0.25) is 14.2 Å². The highest BCUT2D eigenvalue weighted by molar-refractivity contribution is 5.84. The van der Waals surface area contributed by atoms with Gasteiger partial charge in [-0.1, -0.05) is 39.0 Å². The molecule has 1 fully saturated rings. The van der Waals surface area contributed by atoms with E-state index in [1.165, 1.54) is 10.6 Å². The summed E-state index contributed by atoms with van der Waals surface area (Å²) < 4.78 is 18.3. The first-order valence-corrected chi connectivity index (χ1v) is 15.5. The standard InChI is InChI=1S/C36H39FN6O2/c1-6-28-29(8-7-9-32(28)43-13-12-24-18-25(23(2)3)19-30(37)34(24)36(43)45)26-20-31(35(44)41(5)22-26)39-33-11-10-27(21-38-33)42-16-14-40(4)15-17-42/h7-13,18-23H,6,14-17H2,1-5H3,(H,38,39). The van der Waals surface area contributed by atoms with Crippen molar-refractivity contribution in [3.8, 4) is 16.8 Å². The predicted molar refractivity (Wildman–Crippen MR) is 181 cm³/mol. The van der Waals surface area contributed by atoms with Crippen LogP contribution in [0.25, 0.3) is 27.6 Å². The lowest BCUT2D eigenvalue weighted by Crippen LogP contribution is -2.44. The van der Waals surface area contributed by atoms with Crippen LogP contribution in [0.3, 0.4) is 0 Å². The van der Waals surface area contributed by atoms with Gasteiger partial charge in [0.05, 0.1) is 23.0 Å². The first-order chi connectivity index (χ1) is 21.6. The van der Waals surface area contributed by atoms with Crippen molar-refractivity contribution < 1.29 is 4.39 Å². The Morgan fingerprint density at radius 1 is 0.956 bits per heavy atom. The van der Waals surface area contributed by atoms with E-state index in [-0.39, 0.29) is 16.9 Å². The maximum atomic E-state index is 15.3. The van der Waals surface area contributed by atoms with Gasteiger partial charge in [0, 0.05) is 51.2 Å². The van der Waals surface area contributed by atoms with Gasteiger partial charge >= 0.3 is 0 Å². The smallest absolute Gasteiger partial charge is 0.274 e. The van der Waals surface area contributed by atoms with E-state index in [0.717, 1.165) is 54.1 Å². The number of nitrogens with zero attached hydrogens (tertiary/aromatic N) is 5. The van der Waals surface area contributed by atoms with E-state index in [1.54, 1.807) is 30.1 Å². The number of rotatable bonds is 7. The summed E-state index contributed by atoms with van der Waals surface area (Å²) in [7, 11) is 3.85. The SMILES string of the molecule is CCc1c(-c2cc(Nc3ccc(N4CCN(C)CC4)cn3)c(=O)n(C)c2)cccc1-n1ccc2cc(C(C)C)cc(F)c2c1=O. The minimum Gasteiger partial charge on any atom is -0.368 e. The van der Waals surface area contributed by atoms with Gasteiger partial charge in [0.2, 0.25) is 0 Å². The number of halogens is 1. The maximum Gasteiger partial charge on any atom is 0.274 e. The molecule has 0 amide bonds. The highest BCUT2D eigenvalue weighted by atomic mass is 19.1. The summed E-state index contributed by atoms with van der Waals surface area (Å²) in [4.78, 5) is 36.1. The number of piperazine rings is 1. The Morgan fingerprint density at radius 2 is 1.73 bits per heavy atom. The monoisotopic (exact) mass is 606 g/mol. The molecule has 1 aliphatic rings. The number of aryl methyl sites for hydroxylation is 1. The number of aromatic nitrogens is 3. The first-order valence-electron chi connectivity index (χ1n) is 15.5. The second-order valence-corrected chi connectivity index (χ2v) is 12.1.